The summed E-state index contributed by atoms with van der Waals surface area (Å²) >= 11 is 7.79. The lowest BCUT2D eigenvalue weighted by Gasteiger charge is -2.30. The molecule has 0 bridgehead atoms. The van der Waals surface area contributed by atoms with E-state index in [9.17, 15) is 4.79 Å². The van der Waals surface area contributed by atoms with Crippen LogP contribution in [-0.4, -0.2) is 32.1 Å². The molecule has 29 heavy (non-hydrogen) atoms. The highest BCUT2D eigenvalue weighted by Crippen LogP contribution is 2.40. The smallest absolute Gasteiger partial charge is 0.266 e. The van der Waals surface area contributed by atoms with Crippen molar-refractivity contribution < 1.29 is 4.79 Å². The van der Waals surface area contributed by atoms with Gasteiger partial charge in [-0.25, -0.2) is 0 Å². The monoisotopic (exact) mass is 425 g/mol. The van der Waals surface area contributed by atoms with Crippen molar-refractivity contribution in [3.8, 4) is 0 Å². The van der Waals surface area contributed by atoms with Crippen LogP contribution in [0.1, 0.15) is 39.0 Å². The zero-order valence-corrected chi connectivity index (χ0v) is 18.0. The predicted octanol–water partition coefficient (Wildman–Crippen LogP) is 4.86. The van der Waals surface area contributed by atoms with Crippen LogP contribution in [0.5, 0.6) is 0 Å². The number of allylic oxidation sites excluding steroid dienone is 4. The average molecular weight is 426 g/mol. The van der Waals surface area contributed by atoms with Gasteiger partial charge in [0.25, 0.3) is 5.91 Å². The van der Waals surface area contributed by atoms with Gasteiger partial charge in [0.05, 0.1) is 4.88 Å². The molecule has 0 spiro atoms. The summed E-state index contributed by atoms with van der Waals surface area (Å²) in [5.74, 6) is 0.368. The van der Waals surface area contributed by atoms with Crippen molar-refractivity contribution in [3.63, 3.8) is 0 Å². The zero-order chi connectivity index (χ0) is 20.0. The molecule has 1 aromatic carbocycles. The summed E-state index contributed by atoms with van der Waals surface area (Å²) in [5, 5.41) is 7.43. The molecule has 2 aliphatic heterocycles. The fourth-order valence-corrected chi connectivity index (χ4v) is 5.90. The van der Waals surface area contributed by atoms with Crippen molar-refractivity contribution in [2.45, 2.75) is 19.8 Å². The van der Waals surface area contributed by atoms with Crippen LogP contribution in [-0.2, 0) is 6.42 Å². The summed E-state index contributed by atoms with van der Waals surface area (Å²) in [7, 11) is 0. The molecule has 1 amide bonds. The number of hydrogen-bond donors (Lipinski definition) is 2. The Balaban J connectivity index is 1.49. The number of fused-ring (bicyclic) bond motifs is 2. The first kappa shape index (κ1) is 18.9. The number of halogens is 1. The number of carbonyl (C=O) groups excluding carboxylic acids is 1. The normalized spacial score (nSPS) is 21.5. The molecule has 4 nitrogen and oxygen atoms in total. The van der Waals surface area contributed by atoms with Crippen LogP contribution in [0.3, 0.4) is 0 Å². The highest BCUT2D eigenvalue weighted by Gasteiger charge is 2.26. The van der Waals surface area contributed by atoms with Gasteiger partial charge in [-0.1, -0.05) is 24.6 Å². The van der Waals surface area contributed by atoms with Gasteiger partial charge < -0.3 is 15.5 Å². The second-order valence-corrected chi connectivity index (χ2v) is 9.55. The molecule has 2 aromatic rings. The second kappa shape index (κ2) is 7.63. The van der Waals surface area contributed by atoms with Crippen LogP contribution >= 0.6 is 22.9 Å². The molecule has 1 aliphatic carbocycles. The summed E-state index contributed by atoms with van der Waals surface area (Å²) in [5.41, 5.74) is 5.74. The molecule has 1 aromatic heterocycles. The number of benzene rings is 1. The maximum absolute atomic E-state index is 12.9. The van der Waals surface area contributed by atoms with E-state index in [4.69, 9.17) is 11.6 Å². The Hall–Kier alpha value is -2.08. The molecule has 1 saturated heterocycles. The minimum absolute atomic E-state index is 0.00237. The van der Waals surface area contributed by atoms with Crippen molar-refractivity contribution in [1.82, 2.24) is 5.32 Å². The lowest BCUT2D eigenvalue weighted by atomic mass is 9.91. The first-order valence-corrected chi connectivity index (χ1v) is 11.4. The largest absolute Gasteiger partial charge is 0.369 e. The van der Waals surface area contributed by atoms with Gasteiger partial charge in [0.1, 0.15) is 0 Å². The number of amides is 1. The van der Waals surface area contributed by atoms with Crippen LogP contribution in [0.15, 0.2) is 41.4 Å². The maximum Gasteiger partial charge on any atom is 0.266 e. The molecule has 0 radical (unpaired) electrons. The van der Waals surface area contributed by atoms with Crippen molar-refractivity contribution in [1.29, 1.82) is 0 Å². The van der Waals surface area contributed by atoms with Gasteiger partial charge in [-0.15, -0.1) is 11.3 Å². The molecular weight excluding hydrogens is 402 g/mol. The third kappa shape index (κ3) is 3.63. The molecule has 1 unspecified atom stereocenters. The van der Waals surface area contributed by atoms with Gasteiger partial charge >= 0.3 is 0 Å². The average Bonchev–Trinajstić information content (AvgIpc) is 3.08. The number of rotatable bonds is 2. The minimum atomic E-state index is 0.00237. The number of piperazine rings is 1. The van der Waals surface area contributed by atoms with Crippen LogP contribution in [0.4, 0.5) is 11.4 Å². The van der Waals surface area contributed by atoms with E-state index in [1.54, 1.807) is 11.3 Å². The first-order valence-electron chi connectivity index (χ1n) is 10.2. The van der Waals surface area contributed by atoms with Crippen molar-refractivity contribution in [2.24, 2.45) is 5.92 Å². The molecule has 5 rings (SSSR count). The number of anilines is 2. The summed E-state index contributed by atoms with van der Waals surface area (Å²) in [4.78, 5) is 17.3. The van der Waals surface area contributed by atoms with Crippen molar-refractivity contribution >= 4 is 45.8 Å². The summed E-state index contributed by atoms with van der Waals surface area (Å²) in [6.07, 6.45) is 5.73. The standard InChI is InChI=1S/C23H24ClN3OS/c1-14-10-17(24)2-4-19(14)21-13-16-11-15-12-18(27-8-6-25-7-9-27)3-5-20(15)26-23(28)22(16)29-21/h2-5,12-14,25H,6-11H2,1H3,(H,26,28). The van der Waals surface area contributed by atoms with Crippen LogP contribution in [0.2, 0.25) is 0 Å². The Kier molecular flexibility index (Phi) is 4.98. The lowest BCUT2D eigenvalue weighted by Crippen LogP contribution is -2.43. The molecule has 1 fully saturated rings. The number of carbonyl (C=O) groups is 1. The first-order chi connectivity index (χ1) is 14.1. The number of nitrogens with one attached hydrogen (secondary N) is 2. The Morgan fingerprint density at radius 2 is 1.97 bits per heavy atom. The van der Waals surface area contributed by atoms with Gasteiger partial charge in [-0.3, -0.25) is 4.79 Å². The Morgan fingerprint density at radius 3 is 2.76 bits per heavy atom. The van der Waals surface area contributed by atoms with Gasteiger partial charge in [0.15, 0.2) is 0 Å². The van der Waals surface area contributed by atoms with Crippen LogP contribution in [0.25, 0.3) is 5.57 Å². The van der Waals surface area contributed by atoms with Crippen LogP contribution < -0.4 is 15.5 Å². The summed E-state index contributed by atoms with van der Waals surface area (Å²) in [6.45, 7) is 6.25. The van der Waals surface area contributed by atoms with Gasteiger partial charge in [-0.05, 0) is 59.4 Å². The third-order valence-electron chi connectivity index (χ3n) is 5.98. The number of nitrogens with zero attached hydrogens (tertiary/aromatic N) is 1. The summed E-state index contributed by atoms with van der Waals surface area (Å²) in [6, 6.07) is 8.64. The fourth-order valence-electron chi connectivity index (χ4n) is 4.39. The molecule has 3 aliphatic rings. The Bertz CT molecular complexity index is 1030. The predicted molar refractivity (Wildman–Crippen MR) is 122 cm³/mol. The molecule has 2 N–H and O–H groups in total. The highest BCUT2D eigenvalue weighted by molar-refractivity contribution is 7.15. The number of hydrogen-bond acceptors (Lipinski definition) is 4. The second-order valence-electron chi connectivity index (χ2n) is 8.02. The van der Waals surface area contributed by atoms with E-state index in [2.05, 4.69) is 52.8 Å². The lowest BCUT2D eigenvalue weighted by molar-refractivity contribution is 0.103. The Morgan fingerprint density at radius 1 is 1.14 bits per heavy atom. The van der Waals surface area contributed by atoms with Crippen molar-refractivity contribution in [2.75, 3.05) is 36.4 Å². The zero-order valence-electron chi connectivity index (χ0n) is 16.4. The molecular formula is C23H24ClN3OS. The SMILES string of the molecule is CC1CC(Cl)=CC=C1c1cc2c(s1)C(=O)Nc1ccc(N3CCNCC3)cc1C2. The fraction of sp³-hybridized carbons (Fsp3) is 0.348. The highest BCUT2D eigenvalue weighted by atomic mass is 35.5. The topological polar surface area (TPSA) is 44.4 Å². The molecule has 3 heterocycles. The molecule has 6 heteroatoms. The van der Waals surface area contributed by atoms with E-state index in [0.29, 0.717) is 5.92 Å². The van der Waals surface area contributed by atoms with E-state index in [1.165, 1.54) is 21.7 Å². The summed E-state index contributed by atoms with van der Waals surface area (Å²) < 4.78 is 0. The van der Waals surface area contributed by atoms with Crippen molar-refractivity contribution in [3.05, 3.63) is 62.3 Å². The van der Waals surface area contributed by atoms with E-state index < -0.39 is 0 Å². The van der Waals surface area contributed by atoms with E-state index in [-0.39, 0.29) is 5.91 Å². The van der Waals surface area contributed by atoms with E-state index in [0.717, 1.165) is 60.2 Å². The quantitative estimate of drug-likeness (QED) is 0.722. The maximum atomic E-state index is 12.9. The Labute approximate surface area is 180 Å². The van der Waals surface area contributed by atoms with Gasteiger partial charge in [-0.2, -0.15) is 0 Å². The van der Waals surface area contributed by atoms with Crippen LogP contribution in [0, 0.1) is 5.92 Å². The molecule has 1 atom stereocenters. The van der Waals surface area contributed by atoms with E-state index in [1.807, 2.05) is 6.08 Å². The van der Waals surface area contributed by atoms with Gasteiger partial charge in [0, 0.05) is 53.9 Å². The molecule has 150 valence electrons. The minimum Gasteiger partial charge on any atom is -0.369 e. The van der Waals surface area contributed by atoms with Gasteiger partial charge in [0.2, 0.25) is 0 Å². The number of thiophene rings is 1. The third-order valence-corrected chi connectivity index (χ3v) is 7.48. The molecule has 0 saturated carbocycles. The van der Waals surface area contributed by atoms with E-state index >= 15 is 0 Å².